The molecule has 6 nitrogen and oxygen atoms in total. The number of aromatic nitrogens is 2. The van der Waals surface area contributed by atoms with E-state index in [0.29, 0.717) is 21.6 Å². The number of fused-ring (bicyclic) bond motifs is 1. The highest BCUT2D eigenvalue weighted by Crippen LogP contribution is 2.20. The molecule has 0 saturated carbocycles. The summed E-state index contributed by atoms with van der Waals surface area (Å²) in [5, 5.41) is 3.44. The van der Waals surface area contributed by atoms with Gasteiger partial charge in [0, 0.05) is 6.54 Å². The largest absolute Gasteiger partial charge is 0.332 e. The molecule has 0 spiro atoms. The molecule has 3 aromatic rings. The molecule has 1 aromatic heterocycles. The van der Waals surface area contributed by atoms with E-state index in [0.717, 1.165) is 4.57 Å². The summed E-state index contributed by atoms with van der Waals surface area (Å²) in [5.74, 6) is -0.422. The van der Waals surface area contributed by atoms with Crippen LogP contribution in [0.15, 0.2) is 70.8 Å². The molecule has 0 bridgehead atoms. The van der Waals surface area contributed by atoms with Gasteiger partial charge in [0.25, 0.3) is 5.56 Å². The summed E-state index contributed by atoms with van der Waals surface area (Å²) < 4.78 is 2.32. The van der Waals surface area contributed by atoms with Gasteiger partial charge in [0.05, 0.1) is 21.6 Å². The van der Waals surface area contributed by atoms with E-state index in [1.165, 1.54) is 10.6 Å². The van der Waals surface area contributed by atoms with Crippen LogP contribution in [0.1, 0.15) is 0 Å². The van der Waals surface area contributed by atoms with Gasteiger partial charge in [0.1, 0.15) is 6.54 Å². The summed E-state index contributed by atoms with van der Waals surface area (Å²) in [5.41, 5.74) is -0.121. The van der Waals surface area contributed by atoms with Gasteiger partial charge in [-0.25, -0.2) is 4.79 Å². The van der Waals surface area contributed by atoms with Crippen LogP contribution in [-0.2, 0) is 17.9 Å². The minimum Gasteiger partial charge on any atom is -0.323 e. The van der Waals surface area contributed by atoms with E-state index in [1.54, 1.807) is 48.5 Å². The topological polar surface area (TPSA) is 73.1 Å². The predicted octanol–water partition coefficient (Wildman–Crippen LogP) is 2.64. The van der Waals surface area contributed by atoms with E-state index < -0.39 is 17.2 Å². The molecule has 2 aromatic carbocycles. The van der Waals surface area contributed by atoms with Gasteiger partial charge in [-0.05, 0) is 24.3 Å². The Hall–Kier alpha value is -3.12. The van der Waals surface area contributed by atoms with E-state index in [-0.39, 0.29) is 13.1 Å². The van der Waals surface area contributed by atoms with Gasteiger partial charge < -0.3 is 5.32 Å². The number of allylic oxidation sites excluding steroid dienone is 1. The number of benzene rings is 2. The van der Waals surface area contributed by atoms with E-state index >= 15 is 0 Å². The van der Waals surface area contributed by atoms with Gasteiger partial charge in [-0.15, -0.1) is 6.58 Å². The van der Waals surface area contributed by atoms with Gasteiger partial charge in [0.2, 0.25) is 5.91 Å². The Balaban J connectivity index is 2.05. The third kappa shape index (κ3) is 3.32. The van der Waals surface area contributed by atoms with Crippen molar-refractivity contribution < 1.29 is 4.79 Å². The minimum atomic E-state index is -0.567. The molecular formula is C19H16ClN3O3. The maximum Gasteiger partial charge on any atom is 0.332 e. The van der Waals surface area contributed by atoms with E-state index in [9.17, 15) is 14.4 Å². The first kappa shape index (κ1) is 17.7. The van der Waals surface area contributed by atoms with Crippen molar-refractivity contribution in [2.24, 2.45) is 0 Å². The van der Waals surface area contributed by atoms with Gasteiger partial charge >= 0.3 is 5.69 Å². The molecule has 1 amide bonds. The number of nitrogens with zero attached hydrogens (tertiary/aromatic N) is 2. The Bertz CT molecular complexity index is 1110. The van der Waals surface area contributed by atoms with Crippen molar-refractivity contribution in [2.45, 2.75) is 13.1 Å². The lowest BCUT2D eigenvalue weighted by atomic mass is 10.2. The molecule has 0 saturated heterocycles. The Labute approximate surface area is 154 Å². The van der Waals surface area contributed by atoms with Crippen molar-refractivity contribution in [2.75, 3.05) is 5.32 Å². The van der Waals surface area contributed by atoms with Crippen LogP contribution in [0.2, 0.25) is 5.02 Å². The average molecular weight is 370 g/mol. The van der Waals surface area contributed by atoms with Crippen LogP contribution in [0.25, 0.3) is 10.9 Å². The van der Waals surface area contributed by atoms with Crippen molar-refractivity contribution in [3.05, 3.63) is 87.0 Å². The number of nitrogens with one attached hydrogen (secondary N) is 1. The lowest BCUT2D eigenvalue weighted by Crippen LogP contribution is -2.41. The second-order valence-electron chi connectivity index (χ2n) is 5.62. The smallest absolute Gasteiger partial charge is 0.323 e. The van der Waals surface area contributed by atoms with Crippen LogP contribution in [0.3, 0.4) is 0 Å². The summed E-state index contributed by atoms with van der Waals surface area (Å²) in [4.78, 5) is 37.7. The minimum absolute atomic E-state index is 0.0641. The second kappa shape index (κ2) is 7.41. The molecule has 3 rings (SSSR count). The molecule has 7 heteroatoms. The fourth-order valence-corrected chi connectivity index (χ4v) is 2.89. The fraction of sp³-hybridized carbons (Fsp3) is 0.105. The third-order valence-electron chi connectivity index (χ3n) is 3.89. The maximum atomic E-state index is 12.7. The van der Waals surface area contributed by atoms with Gasteiger partial charge in [-0.1, -0.05) is 41.9 Å². The summed E-state index contributed by atoms with van der Waals surface area (Å²) in [6.45, 7) is 3.39. The van der Waals surface area contributed by atoms with Crippen LogP contribution in [0.5, 0.6) is 0 Å². The van der Waals surface area contributed by atoms with Gasteiger partial charge in [0.15, 0.2) is 0 Å². The highest BCUT2D eigenvalue weighted by molar-refractivity contribution is 6.33. The molecule has 0 aliphatic heterocycles. The number of hydrogen-bond acceptors (Lipinski definition) is 3. The first-order valence-electron chi connectivity index (χ1n) is 7.90. The zero-order chi connectivity index (χ0) is 18.7. The van der Waals surface area contributed by atoms with Crippen molar-refractivity contribution >= 4 is 34.1 Å². The van der Waals surface area contributed by atoms with Gasteiger partial charge in [-0.2, -0.15) is 0 Å². The molecule has 0 unspecified atom stereocenters. The number of amides is 1. The van der Waals surface area contributed by atoms with Crippen LogP contribution in [-0.4, -0.2) is 15.0 Å². The van der Waals surface area contributed by atoms with Crippen LogP contribution in [0, 0.1) is 0 Å². The molecule has 132 valence electrons. The van der Waals surface area contributed by atoms with E-state index in [2.05, 4.69) is 11.9 Å². The van der Waals surface area contributed by atoms with Crippen LogP contribution in [0.4, 0.5) is 5.69 Å². The summed E-state index contributed by atoms with van der Waals surface area (Å²) in [6.07, 6.45) is 1.46. The molecule has 1 N–H and O–H groups in total. The molecule has 0 radical (unpaired) electrons. The maximum absolute atomic E-state index is 12.7. The number of carbonyl (C=O) groups excluding carboxylic acids is 1. The molecule has 0 fully saturated rings. The summed E-state index contributed by atoms with van der Waals surface area (Å²) in [6, 6.07) is 13.5. The third-order valence-corrected chi connectivity index (χ3v) is 4.22. The highest BCUT2D eigenvalue weighted by atomic mass is 35.5. The quantitative estimate of drug-likeness (QED) is 0.703. The van der Waals surface area contributed by atoms with Crippen LogP contribution < -0.4 is 16.6 Å². The number of halogens is 1. The van der Waals surface area contributed by atoms with Crippen molar-refractivity contribution in [1.29, 1.82) is 0 Å². The van der Waals surface area contributed by atoms with Crippen molar-refractivity contribution in [3.8, 4) is 0 Å². The molecule has 0 atom stereocenters. The number of carbonyl (C=O) groups is 1. The molecule has 1 heterocycles. The lowest BCUT2D eigenvalue weighted by Gasteiger charge is -2.13. The standard InChI is InChI=1S/C19H16ClN3O3/c1-2-11-22-18(25)13-7-3-6-10-16(13)23(19(22)26)12-17(24)21-15-9-5-4-8-14(15)20/h2-10H,1,11-12H2,(H,21,24). The summed E-state index contributed by atoms with van der Waals surface area (Å²) >= 11 is 6.05. The Morgan fingerprint density at radius 1 is 1.08 bits per heavy atom. The zero-order valence-corrected chi connectivity index (χ0v) is 14.6. The van der Waals surface area contributed by atoms with Gasteiger partial charge in [-0.3, -0.25) is 18.7 Å². The monoisotopic (exact) mass is 369 g/mol. The zero-order valence-electron chi connectivity index (χ0n) is 13.8. The number of hydrogen-bond donors (Lipinski definition) is 1. The molecular weight excluding hydrogens is 354 g/mol. The van der Waals surface area contributed by atoms with Crippen LogP contribution >= 0.6 is 11.6 Å². The Morgan fingerprint density at radius 3 is 2.50 bits per heavy atom. The van der Waals surface area contributed by atoms with Crippen molar-refractivity contribution in [1.82, 2.24) is 9.13 Å². The first-order chi connectivity index (χ1) is 12.5. The predicted molar refractivity (Wildman–Crippen MR) is 103 cm³/mol. The Kier molecular flexibility index (Phi) is 5.04. The normalized spacial score (nSPS) is 10.7. The van der Waals surface area contributed by atoms with E-state index in [4.69, 9.17) is 11.6 Å². The highest BCUT2D eigenvalue weighted by Gasteiger charge is 2.15. The summed E-state index contributed by atoms with van der Waals surface area (Å²) in [7, 11) is 0. The molecule has 26 heavy (non-hydrogen) atoms. The van der Waals surface area contributed by atoms with E-state index in [1.807, 2.05) is 0 Å². The SMILES string of the molecule is C=CCn1c(=O)c2ccccc2n(CC(=O)Nc2ccccc2Cl)c1=O. The molecule has 0 aliphatic carbocycles. The lowest BCUT2D eigenvalue weighted by molar-refractivity contribution is -0.116. The number of para-hydroxylation sites is 2. The average Bonchev–Trinajstić information content (AvgIpc) is 2.64. The Morgan fingerprint density at radius 2 is 1.77 bits per heavy atom. The second-order valence-corrected chi connectivity index (χ2v) is 6.03. The fourth-order valence-electron chi connectivity index (χ4n) is 2.71. The van der Waals surface area contributed by atoms with Crippen molar-refractivity contribution in [3.63, 3.8) is 0 Å². The first-order valence-corrected chi connectivity index (χ1v) is 8.28. The molecule has 0 aliphatic rings. The number of rotatable bonds is 5. The number of anilines is 1.